The first-order valence-corrected chi connectivity index (χ1v) is 8.25. The number of hydrazone groups is 1. The number of furan rings is 1. The summed E-state index contributed by atoms with van der Waals surface area (Å²) in [5.41, 5.74) is 3.05. The highest BCUT2D eigenvalue weighted by molar-refractivity contribution is 7.80. The highest BCUT2D eigenvalue weighted by Crippen LogP contribution is 2.32. The molecule has 0 aliphatic rings. The van der Waals surface area contributed by atoms with Gasteiger partial charge in [-0.3, -0.25) is 5.43 Å². The molecule has 3 rings (SSSR count). The van der Waals surface area contributed by atoms with Gasteiger partial charge in [-0.05, 0) is 48.6 Å². The van der Waals surface area contributed by atoms with Crippen molar-refractivity contribution < 1.29 is 17.6 Å². The van der Waals surface area contributed by atoms with E-state index in [-0.39, 0.29) is 0 Å². The first kappa shape index (κ1) is 18.7. The van der Waals surface area contributed by atoms with Gasteiger partial charge in [-0.15, -0.1) is 0 Å². The van der Waals surface area contributed by atoms with Crippen molar-refractivity contribution in [3.8, 4) is 11.3 Å². The molecule has 0 amide bonds. The van der Waals surface area contributed by atoms with Crippen LogP contribution < -0.4 is 10.7 Å². The number of benzene rings is 2. The van der Waals surface area contributed by atoms with E-state index in [9.17, 15) is 13.2 Å². The van der Waals surface area contributed by atoms with Crippen LogP contribution in [0, 0.1) is 0 Å². The number of hydrogen-bond donors (Lipinski definition) is 2. The van der Waals surface area contributed by atoms with Crippen LogP contribution in [0.2, 0.25) is 0 Å². The maximum Gasteiger partial charge on any atom is 0.416 e. The molecule has 3 aromatic rings. The molecule has 0 atom stereocenters. The Balaban J connectivity index is 1.62. The maximum absolute atomic E-state index is 12.8. The van der Waals surface area contributed by atoms with Gasteiger partial charge in [0.2, 0.25) is 0 Å². The smallest absolute Gasteiger partial charge is 0.416 e. The molecule has 4 nitrogen and oxygen atoms in total. The molecular formula is C19H14F3N3OS. The van der Waals surface area contributed by atoms with Crippen molar-refractivity contribution in [3.05, 3.63) is 78.1 Å². The fourth-order valence-corrected chi connectivity index (χ4v) is 2.43. The maximum atomic E-state index is 12.8. The molecule has 0 aliphatic heterocycles. The first-order valence-electron chi connectivity index (χ1n) is 7.84. The summed E-state index contributed by atoms with van der Waals surface area (Å²) >= 11 is 5.11. The second-order valence-corrected chi connectivity index (χ2v) is 5.88. The SMILES string of the molecule is FC(F)(F)c1cccc(-c2ccc(C=NNC(=S)Nc3ccccc3)o2)c1. The largest absolute Gasteiger partial charge is 0.455 e. The van der Waals surface area contributed by atoms with Crippen molar-refractivity contribution in [1.82, 2.24) is 5.43 Å². The molecule has 0 aliphatic carbocycles. The molecule has 0 unspecified atom stereocenters. The second kappa shape index (κ2) is 8.05. The van der Waals surface area contributed by atoms with E-state index in [0.29, 0.717) is 22.2 Å². The number of nitrogens with zero attached hydrogens (tertiary/aromatic N) is 1. The third-order valence-corrected chi connectivity index (χ3v) is 3.68. The van der Waals surface area contributed by atoms with Gasteiger partial charge in [0.1, 0.15) is 11.5 Å². The van der Waals surface area contributed by atoms with Crippen molar-refractivity contribution in [1.29, 1.82) is 0 Å². The van der Waals surface area contributed by atoms with Crippen LogP contribution in [-0.2, 0) is 6.18 Å². The van der Waals surface area contributed by atoms with Crippen LogP contribution in [-0.4, -0.2) is 11.3 Å². The Labute approximate surface area is 158 Å². The van der Waals surface area contributed by atoms with Gasteiger partial charge < -0.3 is 9.73 Å². The highest BCUT2D eigenvalue weighted by atomic mass is 32.1. The lowest BCUT2D eigenvalue weighted by Gasteiger charge is -2.07. The fraction of sp³-hybridized carbons (Fsp3) is 0.0526. The molecule has 1 heterocycles. The van der Waals surface area contributed by atoms with Gasteiger partial charge >= 0.3 is 6.18 Å². The predicted molar refractivity (Wildman–Crippen MR) is 103 cm³/mol. The summed E-state index contributed by atoms with van der Waals surface area (Å²) in [7, 11) is 0. The lowest BCUT2D eigenvalue weighted by molar-refractivity contribution is -0.137. The Kier molecular flexibility index (Phi) is 5.56. The van der Waals surface area contributed by atoms with Crippen molar-refractivity contribution in [2.45, 2.75) is 6.18 Å². The zero-order valence-electron chi connectivity index (χ0n) is 13.8. The molecule has 2 N–H and O–H groups in total. The van der Waals surface area contributed by atoms with Crippen LogP contribution in [0.4, 0.5) is 18.9 Å². The van der Waals surface area contributed by atoms with Crippen LogP contribution >= 0.6 is 12.2 Å². The zero-order valence-corrected chi connectivity index (χ0v) is 14.6. The molecular weight excluding hydrogens is 375 g/mol. The van der Waals surface area contributed by atoms with E-state index in [1.807, 2.05) is 30.3 Å². The van der Waals surface area contributed by atoms with E-state index < -0.39 is 11.7 Å². The lowest BCUT2D eigenvalue weighted by atomic mass is 10.1. The Morgan fingerprint density at radius 2 is 1.78 bits per heavy atom. The minimum atomic E-state index is -4.40. The summed E-state index contributed by atoms with van der Waals surface area (Å²) in [6.45, 7) is 0. The Hall–Kier alpha value is -3.13. The van der Waals surface area contributed by atoms with E-state index in [4.69, 9.17) is 16.6 Å². The number of hydrogen-bond acceptors (Lipinski definition) is 3. The second-order valence-electron chi connectivity index (χ2n) is 5.47. The molecule has 0 saturated carbocycles. The molecule has 0 bridgehead atoms. The summed E-state index contributed by atoms with van der Waals surface area (Å²) in [4.78, 5) is 0. The number of alkyl halides is 3. The Bertz CT molecular complexity index is 952. The molecule has 1 aromatic heterocycles. The minimum Gasteiger partial charge on any atom is -0.455 e. The topological polar surface area (TPSA) is 49.6 Å². The van der Waals surface area contributed by atoms with E-state index in [2.05, 4.69) is 15.8 Å². The number of thiocarbonyl (C=S) groups is 1. The molecule has 0 saturated heterocycles. The number of rotatable bonds is 4. The number of para-hydroxylation sites is 1. The standard InChI is InChI=1S/C19H14F3N3OS/c20-19(21,22)14-6-4-5-13(11-14)17-10-9-16(26-17)12-23-25-18(27)24-15-7-2-1-3-8-15/h1-12H,(H2,24,25,27). The zero-order chi connectivity index (χ0) is 19.3. The monoisotopic (exact) mass is 389 g/mol. The lowest BCUT2D eigenvalue weighted by Crippen LogP contribution is -2.23. The average molecular weight is 389 g/mol. The number of anilines is 1. The third-order valence-electron chi connectivity index (χ3n) is 3.49. The number of halogens is 3. The molecule has 138 valence electrons. The third kappa shape index (κ3) is 5.18. The van der Waals surface area contributed by atoms with Gasteiger partial charge in [0.25, 0.3) is 0 Å². The normalized spacial score (nSPS) is 11.5. The quantitative estimate of drug-likeness (QED) is 0.362. The molecule has 2 aromatic carbocycles. The van der Waals surface area contributed by atoms with Gasteiger partial charge in [0.05, 0.1) is 11.8 Å². The summed E-state index contributed by atoms with van der Waals surface area (Å²) in [5.74, 6) is 0.685. The van der Waals surface area contributed by atoms with Crippen molar-refractivity contribution in [2.75, 3.05) is 5.32 Å². The summed E-state index contributed by atoms with van der Waals surface area (Å²) in [5, 5.41) is 7.19. The average Bonchev–Trinajstić information content (AvgIpc) is 3.11. The Morgan fingerprint density at radius 3 is 2.52 bits per heavy atom. The van der Waals surface area contributed by atoms with Gasteiger partial charge in [-0.2, -0.15) is 18.3 Å². The van der Waals surface area contributed by atoms with Gasteiger partial charge in [0, 0.05) is 11.3 Å². The van der Waals surface area contributed by atoms with E-state index in [1.54, 1.807) is 18.2 Å². The van der Waals surface area contributed by atoms with Gasteiger partial charge in [-0.25, -0.2) is 0 Å². The summed E-state index contributed by atoms with van der Waals surface area (Å²) < 4.78 is 43.9. The highest BCUT2D eigenvalue weighted by Gasteiger charge is 2.30. The molecule has 0 spiro atoms. The molecule has 27 heavy (non-hydrogen) atoms. The van der Waals surface area contributed by atoms with Crippen molar-refractivity contribution in [2.24, 2.45) is 5.10 Å². The van der Waals surface area contributed by atoms with Gasteiger partial charge in [0.15, 0.2) is 5.11 Å². The Morgan fingerprint density at radius 1 is 1.00 bits per heavy atom. The van der Waals surface area contributed by atoms with Crippen molar-refractivity contribution >= 4 is 29.2 Å². The summed E-state index contributed by atoms with van der Waals surface area (Å²) in [6.07, 6.45) is -3.02. The number of nitrogens with one attached hydrogen (secondary N) is 2. The first-order chi connectivity index (χ1) is 12.9. The molecule has 0 fully saturated rings. The van der Waals surface area contributed by atoms with Gasteiger partial charge in [-0.1, -0.05) is 30.3 Å². The van der Waals surface area contributed by atoms with Crippen LogP contribution in [0.5, 0.6) is 0 Å². The van der Waals surface area contributed by atoms with Crippen LogP contribution in [0.1, 0.15) is 11.3 Å². The molecule has 0 radical (unpaired) electrons. The van der Waals surface area contributed by atoms with Crippen LogP contribution in [0.15, 0.2) is 76.2 Å². The van der Waals surface area contributed by atoms with E-state index in [0.717, 1.165) is 17.8 Å². The summed E-state index contributed by atoms with van der Waals surface area (Å²) in [6, 6.07) is 17.5. The van der Waals surface area contributed by atoms with Crippen molar-refractivity contribution in [3.63, 3.8) is 0 Å². The van der Waals surface area contributed by atoms with Crippen LogP contribution in [0.3, 0.4) is 0 Å². The molecule has 8 heteroatoms. The van der Waals surface area contributed by atoms with Crippen LogP contribution in [0.25, 0.3) is 11.3 Å². The fourth-order valence-electron chi connectivity index (χ4n) is 2.26. The van der Waals surface area contributed by atoms with E-state index >= 15 is 0 Å². The minimum absolute atomic E-state index is 0.294. The van der Waals surface area contributed by atoms with E-state index in [1.165, 1.54) is 12.3 Å². The predicted octanol–water partition coefficient (Wildman–Crippen LogP) is 5.29.